The summed E-state index contributed by atoms with van der Waals surface area (Å²) in [6, 6.07) is 0. The summed E-state index contributed by atoms with van der Waals surface area (Å²) in [5.74, 6) is -0.167. The van der Waals surface area contributed by atoms with Crippen molar-refractivity contribution in [2.24, 2.45) is 0 Å². The lowest BCUT2D eigenvalue weighted by Crippen LogP contribution is -2.19. The zero-order valence-corrected chi connectivity index (χ0v) is 17.9. The molecule has 0 aliphatic rings. The molecule has 0 radical (unpaired) electrons. The molecule has 1 atom stereocenters. The number of rotatable bonds is 19. The van der Waals surface area contributed by atoms with E-state index in [1.807, 2.05) is 0 Å². The van der Waals surface area contributed by atoms with Gasteiger partial charge in [0.2, 0.25) is 0 Å². The van der Waals surface area contributed by atoms with Crippen LogP contribution < -0.4 is 0 Å². The van der Waals surface area contributed by atoms with Crippen molar-refractivity contribution in [3.8, 4) is 0 Å². The minimum absolute atomic E-state index is 0.0341. The summed E-state index contributed by atoms with van der Waals surface area (Å²) in [5.41, 5.74) is 0. The normalized spacial score (nSPS) is 12.5. The Balaban J connectivity index is 3.85. The van der Waals surface area contributed by atoms with Crippen LogP contribution in [-0.4, -0.2) is 31.6 Å². The molecule has 0 N–H and O–H groups in total. The highest BCUT2D eigenvalue weighted by Gasteiger charge is 2.11. The highest BCUT2D eigenvalue weighted by Crippen LogP contribution is 2.15. The van der Waals surface area contributed by atoms with Crippen molar-refractivity contribution in [3.63, 3.8) is 0 Å². The summed E-state index contributed by atoms with van der Waals surface area (Å²) in [6.07, 6.45) is 14.7. The van der Waals surface area contributed by atoms with Crippen molar-refractivity contribution < 1.29 is 19.0 Å². The zero-order chi connectivity index (χ0) is 19.5. The van der Waals surface area contributed by atoms with E-state index >= 15 is 0 Å². The topological polar surface area (TPSA) is 44.8 Å². The maximum atomic E-state index is 11.0. The number of hydrogen-bond acceptors (Lipinski definition) is 4. The van der Waals surface area contributed by atoms with Crippen molar-refractivity contribution in [2.75, 3.05) is 13.2 Å². The summed E-state index contributed by atoms with van der Waals surface area (Å²) < 4.78 is 17.2. The van der Waals surface area contributed by atoms with Crippen LogP contribution in [0.3, 0.4) is 0 Å². The Morgan fingerprint density at radius 1 is 0.731 bits per heavy atom. The molecule has 0 fully saturated rings. The van der Waals surface area contributed by atoms with Crippen LogP contribution in [0.2, 0.25) is 0 Å². The van der Waals surface area contributed by atoms with Gasteiger partial charge in [0, 0.05) is 20.1 Å². The van der Waals surface area contributed by atoms with Gasteiger partial charge in [0.1, 0.15) is 6.10 Å². The molecule has 0 saturated carbocycles. The van der Waals surface area contributed by atoms with Crippen molar-refractivity contribution in [1.29, 1.82) is 0 Å². The van der Waals surface area contributed by atoms with Crippen LogP contribution in [0.15, 0.2) is 0 Å². The van der Waals surface area contributed by atoms with Gasteiger partial charge in [-0.1, -0.05) is 59.3 Å². The standard InChI is InChI=1S/C22H44O4/c1-5-8-14-18-24-22(25-19-15-9-6-2)17-13-11-10-12-16-21(7-3)26-20(4)23/h21-22H,5-19H2,1-4H3. The van der Waals surface area contributed by atoms with E-state index in [-0.39, 0.29) is 18.4 Å². The van der Waals surface area contributed by atoms with Gasteiger partial charge in [-0.3, -0.25) is 4.79 Å². The molecule has 4 heteroatoms. The van der Waals surface area contributed by atoms with Crippen molar-refractivity contribution in [1.82, 2.24) is 0 Å². The quantitative estimate of drug-likeness (QED) is 0.149. The SMILES string of the molecule is CCCCCOC(CCCCCCC(CC)OC(C)=O)OCCCCC. The number of unbranched alkanes of at least 4 members (excludes halogenated alkanes) is 7. The Bertz CT molecular complexity index is 295. The van der Waals surface area contributed by atoms with Crippen LogP contribution in [0.25, 0.3) is 0 Å². The first kappa shape index (κ1) is 25.4. The lowest BCUT2D eigenvalue weighted by atomic mass is 10.1. The maximum absolute atomic E-state index is 11.0. The fraction of sp³-hybridized carbons (Fsp3) is 0.955. The Hall–Kier alpha value is -0.610. The Morgan fingerprint density at radius 3 is 1.73 bits per heavy atom. The van der Waals surface area contributed by atoms with E-state index in [1.165, 1.54) is 45.4 Å². The average Bonchev–Trinajstić information content (AvgIpc) is 2.62. The molecule has 0 bridgehead atoms. The van der Waals surface area contributed by atoms with Crippen molar-refractivity contribution in [2.45, 2.75) is 124 Å². The molecule has 0 rings (SSSR count). The van der Waals surface area contributed by atoms with Gasteiger partial charge in [-0.15, -0.1) is 0 Å². The summed E-state index contributed by atoms with van der Waals surface area (Å²) >= 11 is 0. The van der Waals surface area contributed by atoms with Crippen LogP contribution in [0.5, 0.6) is 0 Å². The molecule has 0 aliphatic heterocycles. The second-order valence-corrected chi connectivity index (χ2v) is 7.22. The third kappa shape index (κ3) is 16.8. The number of carbonyl (C=O) groups excluding carboxylic acids is 1. The predicted molar refractivity (Wildman–Crippen MR) is 108 cm³/mol. The first-order valence-electron chi connectivity index (χ1n) is 11.0. The van der Waals surface area contributed by atoms with Gasteiger partial charge in [0.15, 0.2) is 6.29 Å². The molecule has 26 heavy (non-hydrogen) atoms. The van der Waals surface area contributed by atoms with E-state index in [2.05, 4.69) is 20.8 Å². The van der Waals surface area contributed by atoms with Crippen molar-refractivity contribution >= 4 is 5.97 Å². The molecule has 0 saturated heterocycles. The van der Waals surface area contributed by atoms with E-state index in [1.54, 1.807) is 0 Å². The average molecular weight is 373 g/mol. The highest BCUT2D eigenvalue weighted by molar-refractivity contribution is 5.66. The third-order valence-corrected chi connectivity index (χ3v) is 4.61. The van der Waals surface area contributed by atoms with Crippen LogP contribution in [0.1, 0.15) is 111 Å². The molecule has 0 amide bonds. The highest BCUT2D eigenvalue weighted by atomic mass is 16.7. The van der Waals surface area contributed by atoms with Crippen LogP contribution in [-0.2, 0) is 19.0 Å². The van der Waals surface area contributed by atoms with Crippen molar-refractivity contribution in [3.05, 3.63) is 0 Å². The number of esters is 1. The van der Waals surface area contributed by atoms with E-state index in [0.717, 1.165) is 58.2 Å². The van der Waals surface area contributed by atoms with Gasteiger partial charge in [-0.25, -0.2) is 0 Å². The molecule has 0 aromatic carbocycles. The number of carbonyl (C=O) groups is 1. The minimum Gasteiger partial charge on any atom is -0.463 e. The lowest BCUT2D eigenvalue weighted by Gasteiger charge is -2.19. The van der Waals surface area contributed by atoms with Gasteiger partial charge in [-0.05, 0) is 44.9 Å². The Kier molecular flexibility index (Phi) is 18.7. The number of ether oxygens (including phenoxy) is 3. The predicted octanol–water partition coefficient (Wildman–Crippen LogP) is 6.41. The fourth-order valence-electron chi connectivity index (χ4n) is 2.97. The molecule has 156 valence electrons. The molecule has 0 spiro atoms. The zero-order valence-electron chi connectivity index (χ0n) is 17.9. The molecule has 0 aromatic rings. The summed E-state index contributed by atoms with van der Waals surface area (Å²) in [5, 5.41) is 0. The molecule has 0 aromatic heterocycles. The monoisotopic (exact) mass is 372 g/mol. The van der Waals surface area contributed by atoms with Gasteiger partial charge in [0.25, 0.3) is 0 Å². The first-order valence-corrected chi connectivity index (χ1v) is 11.0. The number of hydrogen-bond donors (Lipinski definition) is 0. The van der Waals surface area contributed by atoms with Crippen LogP contribution in [0.4, 0.5) is 0 Å². The Morgan fingerprint density at radius 2 is 1.27 bits per heavy atom. The summed E-state index contributed by atoms with van der Waals surface area (Å²) in [4.78, 5) is 11.0. The van der Waals surface area contributed by atoms with Gasteiger partial charge in [-0.2, -0.15) is 0 Å². The molecule has 4 nitrogen and oxygen atoms in total. The van der Waals surface area contributed by atoms with Gasteiger partial charge >= 0.3 is 5.97 Å². The van der Waals surface area contributed by atoms with E-state index < -0.39 is 0 Å². The largest absolute Gasteiger partial charge is 0.463 e. The first-order chi connectivity index (χ1) is 12.6. The molecule has 0 heterocycles. The third-order valence-electron chi connectivity index (χ3n) is 4.61. The maximum Gasteiger partial charge on any atom is 0.302 e. The van der Waals surface area contributed by atoms with E-state index in [9.17, 15) is 4.79 Å². The van der Waals surface area contributed by atoms with Gasteiger partial charge in [0.05, 0.1) is 0 Å². The van der Waals surface area contributed by atoms with Gasteiger partial charge < -0.3 is 14.2 Å². The molecule has 1 unspecified atom stereocenters. The lowest BCUT2D eigenvalue weighted by molar-refractivity contribution is -0.148. The Labute approximate surface area is 162 Å². The second kappa shape index (κ2) is 19.2. The molecule has 0 aliphatic carbocycles. The summed E-state index contributed by atoms with van der Waals surface area (Å²) in [7, 11) is 0. The van der Waals surface area contributed by atoms with E-state index in [0.29, 0.717) is 0 Å². The molecular weight excluding hydrogens is 328 g/mol. The fourth-order valence-corrected chi connectivity index (χ4v) is 2.97. The van der Waals surface area contributed by atoms with Crippen LogP contribution in [0, 0.1) is 0 Å². The van der Waals surface area contributed by atoms with Crippen LogP contribution >= 0.6 is 0 Å². The molecular formula is C22H44O4. The summed E-state index contributed by atoms with van der Waals surface area (Å²) in [6.45, 7) is 9.61. The van der Waals surface area contributed by atoms with E-state index in [4.69, 9.17) is 14.2 Å². The second-order valence-electron chi connectivity index (χ2n) is 7.22. The smallest absolute Gasteiger partial charge is 0.302 e. The minimum atomic E-state index is -0.167.